The van der Waals surface area contributed by atoms with Crippen LogP contribution in [0.15, 0.2) is 255 Å². The van der Waals surface area contributed by atoms with Gasteiger partial charge in [-0.1, -0.05) is 194 Å². The summed E-state index contributed by atoms with van der Waals surface area (Å²) >= 11 is 0. The summed E-state index contributed by atoms with van der Waals surface area (Å²) in [6.45, 7) is 0. The van der Waals surface area contributed by atoms with Gasteiger partial charge in [-0.05, 0) is 193 Å². The van der Waals surface area contributed by atoms with Crippen LogP contribution in [-0.4, -0.2) is 0 Å². The van der Waals surface area contributed by atoms with Crippen LogP contribution in [-0.2, 0) is 24.7 Å². The summed E-state index contributed by atoms with van der Waals surface area (Å²) in [7, 11) is 0. The van der Waals surface area contributed by atoms with E-state index in [1.807, 2.05) is 0 Å². The second-order valence-electron chi connectivity index (χ2n) is 21.1. The molecule has 0 saturated heterocycles. The van der Waals surface area contributed by atoms with Crippen LogP contribution in [0.3, 0.4) is 0 Å². The number of fused-ring (bicyclic) bond motifs is 6. The molecule has 3 unspecified atom stereocenters. The molecule has 2 heteroatoms. The first-order chi connectivity index (χ1) is 36.7. The van der Waals surface area contributed by atoms with E-state index < -0.39 is 0 Å². The van der Waals surface area contributed by atoms with Crippen LogP contribution in [0.5, 0.6) is 0 Å². The van der Waals surface area contributed by atoms with Gasteiger partial charge >= 0.3 is 0 Å². The maximum atomic E-state index is 2.63. The number of para-hydroxylation sites is 2. The Morgan fingerprint density at radius 1 is 0.324 bits per heavy atom. The molecule has 2 nitrogen and oxygen atoms in total. The van der Waals surface area contributed by atoms with Gasteiger partial charge in [-0.15, -0.1) is 0 Å². The van der Waals surface area contributed by atoms with Crippen molar-refractivity contribution in [1.29, 1.82) is 0 Å². The van der Waals surface area contributed by atoms with Crippen molar-refractivity contribution in [2.24, 2.45) is 11.8 Å². The maximum absolute atomic E-state index is 2.63. The molecule has 1 fully saturated rings. The molecule has 0 radical (unpaired) electrons. The number of nitrogens with zero attached hydrogens (tertiary/aromatic N) is 2. The first-order valence-electron chi connectivity index (χ1n) is 26.6. The van der Waals surface area contributed by atoms with Crippen molar-refractivity contribution in [2.45, 2.75) is 37.5 Å². The fraction of sp³-hybridized carbons (Fsp3) is 0.111. The third-order valence-electron chi connectivity index (χ3n) is 17.4. The van der Waals surface area contributed by atoms with Crippen molar-refractivity contribution in [3.8, 4) is 44.5 Å². The third kappa shape index (κ3) is 6.64. The topological polar surface area (TPSA) is 6.48 Å². The predicted molar refractivity (Wildman–Crippen MR) is 309 cm³/mol. The highest BCUT2D eigenvalue weighted by molar-refractivity contribution is 6.04. The van der Waals surface area contributed by atoms with Crippen molar-refractivity contribution < 1.29 is 0 Å². The fourth-order valence-corrected chi connectivity index (χ4v) is 14.4. The Kier molecular flexibility index (Phi) is 9.98. The van der Waals surface area contributed by atoms with Gasteiger partial charge < -0.3 is 9.80 Å². The first-order valence-corrected chi connectivity index (χ1v) is 26.6. The summed E-state index contributed by atoms with van der Waals surface area (Å²) in [4.78, 5) is 5.17. The quantitative estimate of drug-likeness (QED) is 0.142. The smallest absolute Gasteiger partial charge is 0.0505 e. The molecule has 4 aliphatic rings. The van der Waals surface area contributed by atoms with Crippen LogP contribution >= 0.6 is 0 Å². The highest BCUT2D eigenvalue weighted by Crippen LogP contribution is 2.69. The molecular weight excluding hydrogens is 893 g/mol. The number of hydrogen-bond acceptors (Lipinski definition) is 2. The highest BCUT2D eigenvalue weighted by atomic mass is 15.2. The van der Waals surface area contributed by atoms with Crippen molar-refractivity contribution in [2.75, 3.05) is 9.80 Å². The minimum absolute atomic E-state index is 0.152. The number of anilines is 6. The van der Waals surface area contributed by atoms with Gasteiger partial charge in [0.2, 0.25) is 0 Å². The third-order valence-corrected chi connectivity index (χ3v) is 17.4. The number of hydrogen-bond donors (Lipinski definition) is 0. The van der Waals surface area contributed by atoms with Gasteiger partial charge in [-0.25, -0.2) is 0 Å². The normalized spacial score (nSPS) is 17.5. The van der Waals surface area contributed by atoms with Gasteiger partial charge in [0, 0.05) is 28.2 Å². The summed E-state index contributed by atoms with van der Waals surface area (Å²) < 4.78 is 0. The number of rotatable bonds is 9. The second-order valence-corrected chi connectivity index (χ2v) is 21.1. The van der Waals surface area contributed by atoms with Crippen LogP contribution < -0.4 is 9.80 Å². The predicted octanol–water partition coefficient (Wildman–Crippen LogP) is 18.8. The Labute approximate surface area is 434 Å². The lowest BCUT2D eigenvalue weighted by atomic mass is 9.68. The van der Waals surface area contributed by atoms with E-state index in [4.69, 9.17) is 0 Å². The monoisotopic (exact) mass is 946 g/mol. The van der Waals surface area contributed by atoms with Gasteiger partial charge in [0.25, 0.3) is 0 Å². The van der Waals surface area contributed by atoms with E-state index in [0.29, 0.717) is 11.8 Å². The van der Waals surface area contributed by atoms with Crippen molar-refractivity contribution >= 4 is 44.9 Å². The van der Waals surface area contributed by atoms with E-state index in [1.165, 1.54) is 136 Å². The van der Waals surface area contributed by atoms with Crippen LogP contribution in [0, 0.1) is 11.8 Å². The molecular formula is C72H54N2. The Bertz CT molecular complexity index is 3890. The Balaban J connectivity index is 0.913. The molecule has 3 atom stereocenters. The Morgan fingerprint density at radius 2 is 0.811 bits per heavy atom. The molecule has 0 bridgehead atoms. The molecule has 0 N–H and O–H groups in total. The molecule has 1 saturated carbocycles. The SMILES string of the molecule is c1ccc(-c2ccc(-c3c(-c4ccc(N(c5ccc6c(c5)Cc5ccccc5-6)c5cccc6c5C57c8c(cccc8N(c8ccccc8)c8ccccc8)CC5CCC7C6)cc4)ccc4ccccc34)cc2)cc1. The van der Waals surface area contributed by atoms with Crippen LogP contribution in [0.4, 0.5) is 34.1 Å². The Hall–Kier alpha value is -8.72. The lowest BCUT2D eigenvalue weighted by molar-refractivity contribution is 0.350. The molecule has 0 heterocycles. The standard InChI is InChI=1S/C72H54N2/c1-4-16-48(17-5-1)49-30-32-52(33-31-49)69-65-27-13-10-18-50(65)36-42-66(69)51-34-39-61(40-35-51)74(62-41-43-64-56(47-62)44-53-19-11-12-26-63(53)64)68-29-15-21-55-46-58-38-37-57-45-54-20-14-28-67(70(54)72(57,58)71(55)68)73(59-22-6-2-7-23-59)60-24-8-3-9-25-60/h1-36,39-43,47,57-58H,37-38,44-46H2. The van der Waals surface area contributed by atoms with E-state index in [-0.39, 0.29) is 5.41 Å². The zero-order chi connectivity index (χ0) is 48.7. The largest absolute Gasteiger partial charge is 0.310 e. The van der Waals surface area contributed by atoms with E-state index in [2.05, 4.69) is 265 Å². The summed E-state index contributed by atoms with van der Waals surface area (Å²) in [5.41, 5.74) is 26.2. The molecule has 0 aromatic heterocycles. The zero-order valence-corrected chi connectivity index (χ0v) is 41.3. The van der Waals surface area contributed by atoms with E-state index in [0.717, 1.165) is 19.3 Å². The summed E-state index contributed by atoms with van der Waals surface area (Å²) in [5.74, 6) is 1.01. The average molecular weight is 947 g/mol. The van der Waals surface area contributed by atoms with Gasteiger partial charge in [0.1, 0.15) is 0 Å². The average Bonchev–Trinajstić information content (AvgIpc) is 4.21. The minimum Gasteiger partial charge on any atom is -0.310 e. The first kappa shape index (κ1) is 42.9. The molecule has 11 aromatic carbocycles. The molecule has 0 aliphatic heterocycles. The van der Waals surface area contributed by atoms with Gasteiger partial charge in [-0.3, -0.25) is 0 Å². The van der Waals surface area contributed by atoms with E-state index in [9.17, 15) is 0 Å². The molecule has 74 heavy (non-hydrogen) atoms. The molecule has 4 aliphatic carbocycles. The van der Waals surface area contributed by atoms with Crippen LogP contribution in [0.1, 0.15) is 46.2 Å². The molecule has 1 spiro atoms. The molecule has 352 valence electrons. The van der Waals surface area contributed by atoms with E-state index in [1.54, 1.807) is 0 Å². The maximum Gasteiger partial charge on any atom is 0.0505 e. The second kappa shape index (κ2) is 17.2. The Morgan fingerprint density at radius 3 is 1.49 bits per heavy atom. The van der Waals surface area contributed by atoms with Crippen LogP contribution in [0.25, 0.3) is 55.3 Å². The van der Waals surface area contributed by atoms with Crippen molar-refractivity contribution in [3.05, 3.63) is 288 Å². The fourth-order valence-electron chi connectivity index (χ4n) is 14.4. The number of benzene rings is 11. The van der Waals surface area contributed by atoms with Gasteiger partial charge in [-0.2, -0.15) is 0 Å². The zero-order valence-electron chi connectivity index (χ0n) is 41.3. The van der Waals surface area contributed by atoms with Crippen LogP contribution in [0.2, 0.25) is 0 Å². The van der Waals surface area contributed by atoms with E-state index >= 15 is 0 Å². The summed E-state index contributed by atoms with van der Waals surface area (Å²) in [6, 6.07) is 95.6. The van der Waals surface area contributed by atoms with Gasteiger partial charge in [0.05, 0.1) is 11.4 Å². The minimum atomic E-state index is -0.152. The lowest BCUT2D eigenvalue weighted by Crippen LogP contribution is -2.34. The molecule has 0 amide bonds. The molecule has 11 aromatic rings. The van der Waals surface area contributed by atoms with Gasteiger partial charge in [0.15, 0.2) is 0 Å². The highest BCUT2D eigenvalue weighted by Gasteiger charge is 2.62. The van der Waals surface area contributed by atoms with Crippen molar-refractivity contribution in [3.63, 3.8) is 0 Å². The summed E-state index contributed by atoms with van der Waals surface area (Å²) in [5, 5.41) is 2.50. The summed E-state index contributed by atoms with van der Waals surface area (Å²) in [6.07, 6.45) is 5.60. The molecule has 15 rings (SSSR count). The lowest BCUT2D eigenvalue weighted by Gasteiger charge is -2.40. The van der Waals surface area contributed by atoms with Crippen molar-refractivity contribution in [1.82, 2.24) is 0 Å².